The third-order valence-electron chi connectivity index (χ3n) is 5.65. The monoisotopic (exact) mass is 495 g/mol. The number of hydrogen-bond acceptors (Lipinski definition) is 3. The molecule has 0 radical (unpaired) electrons. The molecule has 0 aliphatic rings. The lowest BCUT2D eigenvalue weighted by Gasteiger charge is -2.30. The predicted octanol–water partition coefficient (Wildman–Crippen LogP) is 7.12. The quantitative estimate of drug-likeness (QED) is 0.320. The Kier molecular flexibility index (Phi) is 6.88. The second kappa shape index (κ2) is 9.55. The molecule has 34 heavy (non-hydrogen) atoms. The zero-order valence-corrected chi connectivity index (χ0v) is 21.1. The van der Waals surface area contributed by atoms with Gasteiger partial charge in [0.15, 0.2) is 0 Å². The van der Waals surface area contributed by atoms with Gasteiger partial charge in [-0.2, -0.15) is 0 Å². The van der Waals surface area contributed by atoms with Crippen molar-refractivity contribution in [2.75, 3.05) is 6.61 Å². The predicted molar refractivity (Wildman–Crippen MR) is 140 cm³/mol. The highest BCUT2D eigenvalue weighted by atomic mass is 35.5. The van der Waals surface area contributed by atoms with Crippen LogP contribution in [0.3, 0.4) is 0 Å². The van der Waals surface area contributed by atoms with Crippen molar-refractivity contribution in [1.29, 1.82) is 0 Å². The maximum absolute atomic E-state index is 13.0. The first-order valence-electron chi connectivity index (χ1n) is 11.1. The molecule has 0 aliphatic heterocycles. The van der Waals surface area contributed by atoms with E-state index in [4.69, 9.17) is 27.9 Å². The summed E-state index contributed by atoms with van der Waals surface area (Å²) in [6.07, 6.45) is -0.550. The van der Waals surface area contributed by atoms with Gasteiger partial charge in [0.25, 0.3) is 5.56 Å². The van der Waals surface area contributed by atoms with E-state index in [2.05, 4.69) is 0 Å². The Morgan fingerprint density at radius 3 is 2.09 bits per heavy atom. The molecule has 4 nitrogen and oxygen atoms in total. The standard InChI is InChI=1S/C28H27Cl2NO3/c1-17-15-23-22(13-14-25(33)31(23)21-11-9-20(30)10-12-21)27(18-5-7-19(29)8-6-18)26(17)24(16-32)34-28(2,3)4/h5-15,24,32H,16H2,1-4H3/t24-/m1/s1. The van der Waals surface area contributed by atoms with Gasteiger partial charge in [0.05, 0.1) is 17.7 Å². The highest BCUT2D eigenvalue weighted by Gasteiger charge is 2.26. The van der Waals surface area contributed by atoms with Gasteiger partial charge in [-0.15, -0.1) is 0 Å². The Hall–Kier alpha value is -2.63. The number of rotatable bonds is 5. The summed E-state index contributed by atoms with van der Waals surface area (Å²) in [4.78, 5) is 13.0. The van der Waals surface area contributed by atoms with Crippen LogP contribution in [0.15, 0.2) is 71.5 Å². The summed E-state index contributed by atoms with van der Waals surface area (Å²) in [5.74, 6) is 0. The van der Waals surface area contributed by atoms with E-state index in [1.807, 2.05) is 76.2 Å². The molecule has 1 atom stereocenters. The van der Waals surface area contributed by atoms with Crippen LogP contribution in [-0.4, -0.2) is 21.9 Å². The molecule has 0 fully saturated rings. The maximum atomic E-state index is 13.0. The lowest BCUT2D eigenvalue weighted by Crippen LogP contribution is -2.26. The average Bonchev–Trinajstić information content (AvgIpc) is 2.78. The van der Waals surface area contributed by atoms with Crippen LogP contribution >= 0.6 is 23.2 Å². The van der Waals surface area contributed by atoms with Gasteiger partial charge in [0.2, 0.25) is 0 Å². The number of pyridine rings is 1. The second-order valence-corrected chi connectivity index (χ2v) is 10.2. The fourth-order valence-electron chi connectivity index (χ4n) is 4.35. The number of halogens is 2. The molecule has 3 aromatic carbocycles. The lowest BCUT2D eigenvalue weighted by molar-refractivity contribution is -0.0821. The number of aryl methyl sites for hydroxylation is 1. The van der Waals surface area contributed by atoms with Crippen molar-refractivity contribution in [3.8, 4) is 16.8 Å². The summed E-state index contributed by atoms with van der Waals surface area (Å²) in [6, 6.07) is 20.1. The zero-order valence-electron chi connectivity index (χ0n) is 19.6. The van der Waals surface area contributed by atoms with Crippen molar-refractivity contribution in [3.63, 3.8) is 0 Å². The van der Waals surface area contributed by atoms with Crippen molar-refractivity contribution in [2.45, 2.75) is 39.4 Å². The molecule has 6 heteroatoms. The molecule has 4 rings (SSSR count). The van der Waals surface area contributed by atoms with Crippen molar-refractivity contribution < 1.29 is 9.84 Å². The SMILES string of the molecule is Cc1cc2c(ccc(=O)n2-c2ccc(Cl)cc2)c(-c2ccc(Cl)cc2)c1[C@@H](CO)OC(C)(C)C. The van der Waals surface area contributed by atoms with E-state index < -0.39 is 11.7 Å². The number of hydrogen-bond donors (Lipinski definition) is 1. The van der Waals surface area contributed by atoms with Gasteiger partial charge in [-0.1, -0.05) is 35.3 Å². The number of ether oxygens (including phenoxy) is 1. The van der Waals surface area contributed by atoms with E-state index in [0.717, 1.165) is 38.8 Å². The van der Waals surface area contributed by atoms with Crippen LogP contribution in [0, 0.1) is 6.92 Å². The van der Waals surface area contributed by atoms with Crippen molar-refractivity contribution in [2.24, 2.45) is 0 Å². The summed E-state index contributed by atoms with van der Waals surface area (Å²) >= 11 is 12.3. The van der Waals surface area contributed by atoms with Crippen LogP contribution < -0.4 is 5.56 Å². The highest BCUT2D eigenvalue weighted by molar-refractivity contribution is 6.31. The van der Waals surface area contributed by atoms with Crippen LogP contribution in [0.4, 0.5) is 0 Å². The van der Waals surface area contributed by atoms with Gasteiger partial charge in [0, 0.05) is 27.2 Å². The lowest BCUT2D eigenvalue weighted by atomic mass is 9.88. The molecule has 1 heterocycles. The smallest absolute Gasteiger partial charge is 0.255 e. The molecule has 4 aromatic rings. The number of aliphatic hydroxyl groups excluding tert-OH is 1. The summed E-state index contributed by atoms with van der Waals surface area (Å²) in [6.45, 7) is 7.69. The van der Waals surface area contributed by atoms with E-state index in [1.54, 1.807) is 22.8 Å². The Balaban J connectivity index is 2.11. The third-order valence-corrected chi connectivity index (χ3v) is 6.15. The molecule has 0 spiro atoms. The van der Waals surface area contributed by atoms with Gasteiger partial charge in [-0.3, -0.25) is 9.36 Å². The van der Waals surface area contributed by atoms with E-state index in [0.29, 0.717) is 10.0 Å². The average molecular weight is 496 g/mol. The first-order chi connectivity index (χ1) is 16.1. The van der Waals surface area contributed by atoms with E-state index >= 15 is 0 Å². The highest BCUT2D eigenvalue weighted by Crippen LogP contribution is 2.40. The number of benzene rings is 3. The molecular weight excluding hydrogens is 469 g/mol. The molecule has 176 valence electrons. The molecule has 0 amide bonds. The van der Waals surface area contributed by atoms with Gasteiger partial charge in [-0.05, 0) is 98.5 Å². The Bertz CT molecular complexity index is 1390. The summed E-state index contributed by atoms with van der Waals surface area (Å²) < 4.78 is 7.96. The Labute approximate surface area is 209 Å². The number of aromatic nitrogens is 1. The van der Waals surface area contributed by atoms with E-state index in [9.17, 15) is 9.90 Å². The van der Waals surface area contributed by atoms with Gasteiger partial charge < -0.3 is 9.84 Å². The minimum atomic E-state index is -0.550. The summed E-state index contributed by atoms with van der Waals surface area (Å²) in [7, 11) is 0. The molecule has 0 saturated heterocycles. The fraction of sp³-hybridized carbons (Fsp3) is 0.250. The molecule has 0 bridgehead atoms. The van der Waals surface area contributed by atoms with Gasteiger partial charge >= 0.3 is 0 Å². The minimum absolute atomic E-state index is 0.145. The Morgan fingerprint density at radius 2 is 1.53 bits per heavy atom. The fourth-order valence-corrected chi connectivity index (χ4v) is 4.60. The zero-order chi connectivity index (χ0) is 24.6. The van der Waals surface area contributed by atoms with Crippen molar-refractivity contribution in [1.82, 2.24) is 4.57 Å². The normalized spacial score (nSPS) is 12.8. The molecule has 0 aliphatic carbocycles. The van der Waals surface area contributed by atoms with Crippen LogP contribution in [0.2, 0.25) is 10.0 Å². The van der Waals surface area contributed by atoms with Crippen molar-refractivity contribution >= 4 is 34.1 Å². The maximum Gasteiger partial charge on any atom is 0.255 e. The van der Waals surface area contributed by atoms with Crippen LogP contribution in [0.25, 0.3) is 27.7 Å². The molecule has 0 unspecified atom stereocenters. The number of fused-ring (bicyclic) bond motifs is 1. The second-order valence-electron chi connectivity index (χ2n) is 9.31. The Morgan fingerprint density at radius 1 is 0.941 bits per heavy atom. The van der Waals surface area contributed by atoms with Gasteiger partial charge in [0.1, 0.15) is 6.10 Å². The third kappa shape index (κ3) is 4.91. The van der Waals surface area contributed by atoms with Crippen LogP contribution in [0.5, 0.6) is 0 Å². The number of aliphatic hydroxyl groups is 1. The minimum Gasteiger partial charge on any atom is -0.393 e. The first-order valence-corrected chi connectivity index (χ1v) is 11.8. The molecule has 1 N–H and O–H groups in total. The molecular formula is C28H27Cl2NO3. The van der Waals surface area contributed by atoms with E-state index in [-0.39, 0.29) is 12.2 Å². The largest absolute Gasteiger partial charge is 0.393 e. The first kappa shape index (κ1) is 24.5. The molecule has 1 aromatic heterocycles. The van der Waals surface area contributed by atoms with E-state index in [1.165, 1.54) is 0 Å². The van der Waals surface area contributed by atoms with Crippen LogP contribution in [-0.2, 0) is 4.74 Å². The number of nitrogens with zero attached hydrogens (tertiary/aromatic N) is 1. The summed E-state index contributed by atoms with van der Waals surface area (Å²) in [5, 5.41) is 12.4. The molecule has 0 saturated carbocycles. The van der Waals surface area contributed by atoms with Crippen molar-refractivity contribution in [3.05, 3.63) is 98.3 Å². The topological polar surface area (TPSA) is 51.5 Å². The van der Waals surface area contributed by atoms with Gasteiger partial charge in [-0.25, -0.2) is 0 Å². The summed E-state index contributed by atoms with van der Waals surface area (Å²) in [5.41, 5.74) is 4.49. The van der Waals surface area contributed by atoms with Crippen LogP contribution in [0.1, 0.15) is 38.0 Å².